The number of carbonyl (C=O) groups is 1. The van der Waals surface area contributed by atoms with Crippen LogP contribution in [0.5, 0.6) is 5.75 Å². The first-order valence-electron chi connectivity index (χ1n) is 7.04. The Hall–Kier alpha value is -2.02. The van der Waals surface area contributed by atoms with E-state index in [1.807, 2.05) is 37.5 Å². The van der Waals surface area contributed by atoms with E-state index >= 15 is 0 Å². The zero-order valence-corrected chi connectivity index (χ0v) is 13.8. The highest BCUT2D eigenvalue weighted by molar-refractivity contribution is 7.99. The molecular formula is C15H20N4O2S. The highest BCUT2D eigenvalue weighted by Crippen LogP contribution is 2.21. The summed E-state index contributed by atoms with van der Waals surface area (Å²) in [5, 5.41) is 8.93. The van der Waals surface area contributed by atoms with Gasteiger partial charge in [0.1, 0.15) is 12.4 Å². The van der Waals surface area contributed by atoms with Crippen LogP contribution in [0.4, 0.5) is 0 Å². The van der Waals surface area contributed by atoms with Crippen molar-refractivity contribution >= 4 is 17.7 Å². The van der Waals surface area contributed by atoms with E-state index in [0.29, 0.717) is 18.3 Å². The van der Waals surface area contributed by atoms with Gasteiger partial charge in [-0.1, -0.05) is 23.9 Å². The van der Waals surface area contributed by atoms with Crippen LogP contribution in [0, 0.1) is 13.8 Å². The minimum absolute atomic E-state index is 0.190. The largest absolute Gasteiger partial charge is 0.485 e. The average molecular weight is 320 g/mol. The number of thioether (sulfide) groups is 1. The summed E-state index contributed by atoms with van der Waals surface area (Å²) in [7, 11) is 0. The summed E-state index contributed by atoms with van der Waals surface area (Å²) in [4.78, 5) is 10.9. The number of aryl methyl sites for hydroxylation is 2. The number of rotatable bonds is 7. The number of hydrogen-bond donors (Lipinski definition) is 1. The number of nitrogens with two attached hydrogens (primary N) is 1. The number of nitrogens with zero attached hydrogens (tertiary/aromatic N) is 3. The molecule has 118 valence electrons. The van der Waals surface area contributed by atoms with Gasteiger partial charge in [0.2, 0.25) is 5.91 Å². The minimum atomic E-state index is -0.371. The van der Waals surface area contributed by atoms with Crippen molar-refractivity contribution in [1.29, 1.82) is 0 Å². The molecule has 0 aliphatic heterocycles. The Morgan fingerprint density at radius 3 is 2.82 bits per heavy atom. The molecule has 2 aromatic rings. The quantitative estimate of drug-likeness (QED) is 0.790. The molecule has 0 saturated carbocycles. The van der Waals surface area contributed by atoms with Crippen molar-refractivity contribution in [2.75, 3.05) is 5.75 Å². The molecule has 2 rings (SSSR count). The number of aromatic nitrogens is 3. The second-order valence-electron chi connectivity index (χ2n) is 4.96. The van der Waals surface area contributed by atoms with Crippen LogP contribution in [-0.4, -0.2) is 26.4 Å². The van der Waals surface area contributed by atoms with Crippen LogP contribution in [0.2, 0.25) is 0 Å². The summed E-state index contributed by atoms with van der Waals surface area (Å²) in [5.41, 5.74) is 7.39. The van der Waals surface area contributed by atoms with Crippen molar-refractivity contribution in [3.05, 3.63) is 35.2 Å². The van der Waals surface area contributed by atoms with Gasteiger partial charge in [-0.2, -0.15) is 0 Å². The molecule has 1 amide bonds. The van der Waals surface area contributed by atoms with Crippen molar-refractivity contribution < 1.29 is 9.53 Å². The van der Waals surface area contributed by atoms with Gasteiger partial charge in [0, 0.05) is 6.54 Å². The molecule has 1 heterocycles. The fourth-order valence-electron chi connectivity index (χ4n) is 1.99. The fourth-order valence-corrected chi connectivity index (χ4v) is 2.75. The first kappa shape index (κ1) is 16.4. The Kier molecular flexibility index (Phi) is 5.43. The van der Waals surface area contributed by atoms with Gasteiger partial charge in [-0.25, -0.2) is 0 Å². The molecule has 0 bridgehead atoms. The van der Waals surface area contributed by atoms with Gasteiger partial charge in [-0.15, -0.1) is 10.2 Å². The predicted octanol–water partition coefficient (Wildman–Crippen LogP) is 2.07. The van der Waals surface area contributed by atoms with E-state index in [1.165, 1.54) is 11.8 Å². The summed E-state index contributed by atoms with van der Waals surface area (Å²) < 4.78 is 7.79. The number of amides is 1. The van der Waals surface area contributed by atoms with E-state index in [-0.39, 0.29) is 11.7 Å². The second-order valence-corrected chi connectivity index (χ2v) is 5.90. The van der Waals surface area contributed by atoms with Crippen LogP contribution in [0.15, 0.2) is 23.4 Å². The number of benzene rings is 1. The van der Waals surface area contributed by atoms with Crippen LogP contribution in [-0.2, 0) is 17.9 Å². The van der Waals surface area contributed by atoms with Gasteiger partial charge < -0.3 is 15.0 Å². The highest BCUT2D eigenvalue weighted by Gasteiger charge is 2.13. The summed E-state index contributed by atoms with van der Waals surface area (Å²) >= 11 is 1.29. The maximum absolute atomic E-state index is 10.9. The third-order valence-electron chi connectivity index (χ3n) is 3.15. The number of primary amides is 1. The molecule has 0 unspecified atom stereocenters. The molecule has 1 aromatic carbocycles. The molecule has 0 fully saturated rings. The second kappa shape index (κ2) is 7.31. The Labute approximate surface area is 134 Å². The molecule has 0 aliphatic rings. The van der Waals surface area contributed by atoms with Crippen LogP contribution in [0.25, 0.3) is 0 Å². The zero-order valence-electron chi connectivity index (χ0n) is 13.0. The summed E-state index contributed by atoms with van der Waals surface area (Å²) in [6.45, 7) is 7.08. The Bertz CT molecular complexity index is 670. The molecule has 6 nitrogen and oxygen atoms in total. The van der Waals surface area contributed by atoms with E-state index in [1.54, 1.807) is 0 Å². The predicted molar refractivity (Wildman–Crippen MR) is 85.9 cm³/mol. The first-order chi connectivity index (χ1) is 10.5. The van der Waals surface area contributed by atoms with Crippen LogP contribution < -0.4 is 10.5 Å². The van der Waals surface area contributed by atoms with Crippen LogP contribution >= 0.6 is 11.8 Å². The van der Waals surface area contributed by atoms with Crippen molar-refractivity contribution in [2.45, 2.75) is 39.1 Å². The molecule has 22 heavy (non-hydrogen) atoms. The van der Waals surface area contributed by atoms with Crippen molar-refractivity contribution in [1.82, 2.24) is 14.8 Å². The third-order valence-corrected chi connectivity index (χ3v) is 4.14. The number of carbonyl (C=O) groups excluding carboxylic acids is 1. The zero-order chi connectivity index (χ0) is 16.1. The third kappa shape index (κ3) is 4.00. The van der Waals surface area contributed by atoms with Gasteiger partial charge >= 0.3 is 0 Å². The molecule has 0 saturated heterocycles. The lowest BCUT2D eigenvalue weighted by Gasteiger charge is -2.11. The van der Waals surface area contributed by atoms with Crippen molar-refractivity contribution in [3.63, 3.8) is 0 Å². The number of ether oxygens (including phenoxy) is 1. The molecule has 0 atom stereocenters. The SMILES string of the molecule is CCn1c(COc2cc(C)ccc2C)nnc1SCC(N)=O. The van der Waals surface area contributed by atoms with E-state index in [4.69, 9.17) is 10.5 Å². The van der Waals surface area contributed by atoms with E-state index in [0.717, 1.165) is 22.7 Å². The van der Waals surface area contributed by atoms with Gasteiger partial charge in [-0.05, 0) is 38.0 Å². The van der Waals surface area contributed by atoms with E-state index in [2.05, 4.69) is 16.3 Å². The van der Waals surface area contributed by atoms with Gasteiger partial charge in [0.15, 0.2) is 11.0 Å². The Morgan fingerprint density at radius 2 is 2.14 bits per heavy atom. The molecule has 0 spiro atoms. The molecule has 7 heteroatoms. The maximum Gasteiger partial charge on any atom is 0.227 e. The minimum Gasteiger partial charge on any atom is -0.485 e. The lowest BCUT2D eigenvalue weighted by molar-refractivity contribution is -0.115. The molecule has 0 aliphatic carbocycles. The highest BCUT2D eigenvalue weighted by atomic mass is 32.2. The summed E-state index contributed by atoms with van der Waals surface area (Å²) in [6.07, 6.45) is 0. The average Bonchev–Trinajstić information content (AvgIpc) is 2.88. The van der Waals surface area contributed by atoms with Crippen LogP contribution in [0.3, 0.4) is 0 Å². The lowest BCUT2D eigenvalue weighted by atomic mass is 10.1. The smallest absolute Gasteiger partial charge is 0.227 e. The lowest BCUT2D eigenvalue weighted by Crippen LogP contribution is -2.14. The normalized spacial score (nSPS) is 10.7. The van der Waals surface area contributed by atoms with E-state index in [9.17, 15) is 4.79 Å². The van der Waals surface area contributed by atoms with Crippen molar-refractivity contribution in [3.8, 4) is 5.75 Å². The Balaban J connectivity index is 2.09. The fraction of sp³-hybridized carbons (Fsp3) is 0.400. The Morgan fingerprint density at radius 1 is 1.36 bits per heavy atom. The first-order valence-corrected chi connectivity index (χ1v) is 8.03. The molecular weight excluding hydrogens is 300 g/mol. The molecule has 1 aromatic heterocycles. The monoisotopic (exact) mass is 320 g/mol. The molecule has 0 radical (unpaired) electrons. The standard InChI is InChI=1S/C15H20N4O2S/c1-4-19-14(17-18-15(19)22-9-13(16)20)8-21-12-7-10(2)5-6-11(12)3/h5-7H,4,8-9H2,1-3H3,(H2,16,20). The van der Waals surface area contributed by atoms with E-state index < -0.39 is 0 Å². The summed E-state index contributed by atoms with van der Waals surface area (Å²) in [6, 6.07) is 6.09. The van der Waals surface area contributed by atoms with Gasteiger partial charge in [0.05, 0.1) is 5.75 Å². The van der Waals surface area contributed by atoms with Crippen molar-refractivity contribution in [2.24, 2.45) is 5.73 Å². The maximum atomic E-state index is 10.9. The van der Waals surface area contributed by atoms with Crippen LogP contribution in [0.1, 0.15) is 23.9 Å². The topological polar surface area (TPSA) is 83.0 Å². The number of hydrogen-bond acceptors (Lipinski definition) is 5. The summed E-state index contributed by atoms with van der Waals surface area (Å²) in [5.74, 6) is 1.40. The van der Waals surface area contributed by atoms with Gasteiger partial charge in [0.25, 0.3) is 0 Å². The van der Waals surface area contributed by atoms with Gasteiger partial charge in [-0.3, -0.25) is 4.79 Å². The molecule has 2 N–H and O–H groups in total.